The summed E-state index contributed by atoms with van der Waals surface area (Å²) in [6, 6.07) is 7.25. The lowest BCUT2D eigenvalue weighted by molar-refractivity contribution is 0.0967. The van der Waals surface area contributed by atoms with Crippen molar-refractivity contribution in [3.8, 4) is 11.5 Å². The number of carbonyl (C=O) groups is 4. The number of Topliss-reactive ketones (excluding diaryl/α,β-unsaturated/α-hetero) is 3. The van der Waals surface area contributed by atoms with Crippen LogP contribution in [-0.4, -0.2) is 33.3 Å². The molecule has 150 valence electrons. The van der Waals surface area contributed by atoms with Crippen LogP contribution in [0.4, 0.5) is 0 Å². The fraction of sp³-hybridized carbons (Fsp3) is 0.167. The van der Waals surface area contributed by atoms with Crippen LogP contribution in [0.5, 0.6) is 11.5 Å². The minimum absolute atomic E-state index is 0.0720. The predicted octanol–water partition coefficient (Wildman–Crippen LogP) is 3.92. The normalized spacial score (nSPS) is 17.0. The molecule has 0 radical (unpaired) electrons. The molecule has 2 N–H and O–H groups in total. The van der Waals surface area contributed by atoms with Gasteiger partial charge in [0.1, 0.15) is 11.5 Å². The van der Waals surface area contributed by atoms with Crippen molar-refractivity contribution in [2.24, 2.45) is 0 Å². The first-order valence-electron chi connectivity index (χ1n) is 9.40. The summed E-state index contributed by atoms with van der Waals surface area (Å²) < 4.78 is 0. The summed E-state index contributed by atoms with van der Waals surface area (Å²) in [6.07, 6.45) is 1.17. The van der Waals surface area contributed by atoms with E-state index in [2.05, 4.69) is 0 Å². The molecular weight excluding hydrogens is 384 g/mol. The molecule has 0 saturated carbocycles. The Morgan fingerprint density at radius 3 is 2.17 bits per heavy atom. The van der Waals surface area contributed by atoms with Gasteiger partial charge in [-0.15, -0.1) is 0 Å². The molecule has 2 aromatic rings. The predicted molar refractivity (Wildman–Crippen MR) is 108 cm³/mol. The van der Waals surface area contributed by atoms with Crippen LogP contribution < -0.4 is 0 Å². The molecule has 30 heavy (non-hydrogen) atoms. The van der Waals surface area contributed by atoms with Gasteiger partial charge in [0.2, 0.25) is 0 Å². The maximum Gasteiger partial charge on any atom is 0.194 e. The van der Waals surface area contributed by atoms with E-state index in [4.69, 9.17) is 0 Å². The highest BCUT2D eigenvalue weighted by Gasteiger charge is 2.37. The molecule has 0 aromatic heterocycles. The van der Waals surface area contributed by atoms with Crippen molar-refractivity contribution in [3.05, 3.63) is 80.9 Å². The van der Waals surface area contributed by atoms with Crippen molar-refractivity contribution in [2.75, 3.05) is 0 Å². The van der Waals surface area contributed by atoms with Crippen LogP contribution in [0.1, 0.15) is 73.7 Å². The molecule has 0 saturated heterocycles. The second kappa shape index (κ2) is 6.62. The van der Waals surface area contributed by atoms with Crippen molar-refractivity contribution < 1.29 is 29.4 Å². The van der Waals surface area contributed by atoms with E-state index in [0.29, 0.717) is 0 Å². The number of hydrogen-bond donors (Lipinski definition) is 2. The van der Waals surface area contributed by atoms with Gasteiger partial charge >= 0.3 is 0 Å². The average Bonchev–Trinajstić information content (AvgIpc) is 2.70. The molecule has 2 aromatic carbocycles. The molecule has 0 heterocycles. The van der Waals surface area contributed by atoms with Gasteiger partial charge in [-0.25, -0.2) is 0 Å². The molecule has 4 rings (SSSR count). The maximum absolute atomic E-state index is 13.2. The summed E-state index contributed by atoms with van der Waals surface area (Å²) in [4.78, 5) is 50.8. The number of ketones is 4. The van der Waals surface area contributed by atoms with Crippen molar-refractivity contribution >= 4 is 23.1 Å². The van der Waals surface area contributed by atoms with Crippen LogP contribution in [0.25, 0.3) is 0 Å². The van der Waals surface area contributed by atoms with Crippen molar-refractivity contribution in [2.45, 2.75) is 26.7 Å². The van der Waals surface area contributed by atoms with Crippen molar-refractivity contribution in [1.82, 2.24) is 0 Å². The van der Waals surface area contributed by atoms with Gasteiger partial charge in [-0.2, -0.15) is 0 Å². The standard InChI is InChI=1S/C24H18O6/c1-10-9-17(26)20-15(21(10)27)8-7-13(23(20)29)11(2)18-12(3)22(28)14-5-4-6-16(25)19(14)24(18)30/h4-9,11,25,29H,1-3H3. The van der Waals surface area contributed by atoms with Crippen molar-refractivity contribution in [3.63, 3.8) is 0 Å². The molecule has 0 bridgehead atoms. The lowest BCUT2D eigenvalue weighted by Crippen LogP contribution is -2.24. The Hall–Kier alpha value is -3.80. The second-order valence-corrected chi connectivity index (χ2v) is 7.56. The monoisotopic (exact) mass is 402 g/mol. The average molecular weight is 402 g/mol. The van der Waals surface area contributed by atoms with E-state index < -0.39 is 17.5 Å². The van der Waals surface area contributed by atoms with Crippen LogP contribution >= 0.6 is 0 Å². The Bertz CT molecular complexity index is 1260. The topological polar surface area (TPSA) is 109 Å². The zero-order valence-electron chi connectivity index (χ0n) is 16.6. The Kier molecular flexibility index (Phi) is 4.31. The lowest BCUT2D eigenvalue weighted by atomic mass is 9.76. The first kappa shape index (κ1) is 19.5. The van der Waals surface area contributed by atoms with E-state index in [0.717, 1.165) is 0 Å². The van der Waals surface area contributed by atoms with Gasteiger partial charge in [-0.05, 0) is 32.1 Å². The van der Waals surface area contributed by atoms with E-state index in [-0.39, 0.29) is 67.6 Å². The highest BCUT2D eigenvalue weighted by Crippen LogP contribution is 2.42. The Balaban J connectivity index is 1.88. The van der Waals surface area contributed by atoms with E-state index in [1.807, 2.05) is 0 Å². The fourth-order valence-electron chi connectivity index (χ4n) is 4.22. The number of benzene rings is 2. The van der Waals surface area contributed by atoms with Crippen LogP contribution in [-0.2, 0) is 0 Å². The Morgan fingerprint density at radius 2 is 1.47 bits per heavy atom. The van der Waals surface area contributed by atoms with Gasteiger partial charge in [0.15, 0.2) is 23.1 Å². The third-order valence-corrected chi connectivity index (χ3v) is 5.81. The molecule has 0 amide bonds. The van der Waals surface area contributed by atoms with Gasteiger partial charge in [0.25, 0.3) is 0 Å². The molecule has 0 fully saturated rings. The quantitative estimate of drug-likeness (QED) is 0.788. The molecular formula is C24H18O6. The number of aromatic hydroxyl groups is 2. The zero-order valence-corrected chi connectivity index (χ0v) is 16.6. The summed E-state index contributed by atoms with van der Waals surface area (Å²) >= 11 is 0. The van der Waals surface area contributed by atoms with Crippen LogP contribution in [0.2, 0.25) is 0 Å². The van der Waals surface area contributed by atoms with Crippen LogP contribution in [0.15, 0.2) is 53.1 Å². The number of phenols is 2. The highest BCUT2D eigenvalue weighted by atomic mass is 16.3. The van der Waals surface area contributed by atoms with Gasteiger partial charge in [-0.3, -0.25) is 19.2 Å². The molecule has 1 atom stereocenters. The first-order chi connectivity index (χ1) is 14.1. The number of hydrogen-bond acceptors (Lipinski definition) is 6. The van der Waals surface area contributed by atoms with Gasteiger partial charge in [0.05, 0.1) is 11.1 Å². The van der Waals surface area contributed by atoms with Crippen LogP contribution in [0, 0.1) is 0 Å². The lowest BCUT2D eigenvalue weighted by Gasteiger charge is -2.26. The molecule has 6 heteroatoms. The highest BCUT2D eigenvalue weighted by molar-refractivity contribution is 6.28. The summed E-state index contributed by atoms with van der Waals surface area (Å²) in [5, 5.41) is 21.0. The number of rotatable bonds is 2. The number of carbonyl (C=O) groups excluding carboxylic acids is 4. The third kappa shape index (κ3) is 2.57. The fourth-order valence-corrected chi connectivity index (χ4v) is 4.22. The zero-order chi connectivity index (χ0) is 21.9. The molecule has 0 spiro atoms. The van der Waals surface area contributed by atoms with Gasteiger partial charge in [0, 0.05) is 39.3 Å². The molecule has 0 aliphatic heterocycles. The molecule has 1 unspecified atom stereocenters. The smallest absolute Gasteiger partial charge is 0.194 e. The number of allylic oxidation sites excluding steroid dienone is 4. The molecule has 2 aliphatic rings. The Morgan fingerprint density at radius 1 is 0.800 bits per heavy atom. The molecule has 2 aliphatic carbocycles. The third-order valence-electron chi connectivity index (χ3n) is 5.81. The summed E-state index contributed by atoms with van der Waals surface area (Å²) in [7, 11) is 0. The summed E-state index contributed by atoms with van der Waals surface area (Å²) in [5.41, 5.74) is 0.927. The summed E-state index contributed by atoms with van der Waals surface area (Å²) in [6.45, 7) is 4.68. The van der Waals surface area contributed by atoms with E-state index in [9.17, 15) is 29.4 Å². The maximum atomic E-state index is 13.2. The first-order valence-corrected chi connectivity index (χ1v) is 9.40. The van der Waals surface area contributed by atoms with E-state index >= 15 is 0 Å². The SMILES string of the molecule is CC1=CC(=O)c2c(ccc(C(C)C3=C(C)C(=O)c4cccc(O)c4C3=O)c2O)C1=O. The number of fused-ring (bicyclic) bond motifs is 2. The van der Waals surface area contributed by atoms with Crippen molar-refractivity contribution in [1.29, 1.82) is 0 Å². The van der Waals surface area contributed by atoms with Gasteiger partial charge < -0.3 is 10.2 Å². The minimum atomic E-state index is -0.755. The molecule has 6 nitrogen and oxygen atoms in total. The number of phenolic OH excluding ortho intramolecular Hbond substituents is 2. The van der Waals surface area contributed by atoms with E-state index in [1.54, 1.807) is 6.92 Å². The van der Waals surface area contributed by atoms with Gasteiger partial charge in [-0.1, -0.05) is 25.1 Å². The largest absolute Gasteiger partial charge is 0.507 e. The second-order valence-electron chi connectivity index (χ2n) is 7.56. The Labute approximate surface area is 172 Å². The van der Waals surface area contributed by atoms with E-state index in [1.165, 1.54) is 50.3 Å². The minimum Gasteiger partial charge on any atom is -0.507 e. The van der Waals surface area contributed by atoms with Crippen LogP contribution in [0.3, 0.4) is 0 Å². The summed E-state index contributed by atoms with van der Waals surface area (Å²) in [5.74, 6) is -3.17.